The van der Waals surface area contributed by atoms with Crippen LogP contribution in [0.3, 0.4) is 0 Å². The predicted molar refractivity (Wildman–Crippen MR) is 92.5 cm³/mol. The molecular weight excluding hydrogens is 344 g/mol. The van der Waals surface area contributed by atoms with Crippen molar-refractivity contribution in [1.82, 2.24) is 15.1 Å². The van der Waals surface area contributed by atoms with Gasteiger partial charge >= 0.3 is 0 Å². The van der Waals surface area contributed by atoms with Crippen LogP contribution in [0.5, 0.6) is 5.75 Å². The molecule has 0 fully saturated rings. The zero-order chi connectivity index (χ0) is 17.6. The van der Waals surface area contributed by atoms with Gasteiger partial charge in [0.2, 0.25) is 17.6 Å². The van der Waals surface area contributed by atoms with Crippen LogP contribution in [0.25, 0.3) is 11.4 Å². The number of nitrogens with one attached hydrogen (secondary N) is 1. The summed E-state index contributed by atoms with van der Waals surface area (Å²) in [5.41, 5.74) is 0.794. The van der Waals surface area contributed by atoms with E-state index < -0.39 is 0 Å². The number of aromatic nitrogens is 3. The molecule has 8 heteroatoms. The highest BCUT2D eigenvalue weighted by atomic mass is 35.5. The van der Waals surface area contributed by atoms with Crippen molar-refractivity contribution in [1.29, 1.82) is 0 Å². The van der Waals surface area contributed by atoms with Crippen LogP contribution < -0.4 is 10.1 Å². The van der Waals surface area contributed by atoms with Crippen molar-refractivity contribution >= 4 is 23.3 Å². The zero-order valence-corrected chi connectivity index (χ0v) is 14.2. The molecule has 0 radical (unpaired) electrons. The van der Waals surface area contributed by atoms with Crippen molar-refractivity contribution < 1.29 is 14.1 Å². The zero-order valence-electron chi connectivity index (χ0n) is 13.4. The number of rotatable bonds is 6. The van der Waals surface area contributed by atoms with E-state index in [0.717, 1.165) is 5.56 Å². The van der Waals surface area contributed by atoms with E-state index in [1.54, 1.807) is 42.6 Å². The van der Waals surface area contributed by atoms with Crippen molar-refractivity contribution in [3.8, 4) is 17.1 Å². The number of nitrogens with zero attached hydrogens (tertiary/aromatic N) is 3. The summed E-state index contributed by atoms with van der Waals surface area (Å²) in [5.74, 6) is 1.50. The smallest absolute Gasteiger partial charge is 0.227 e. The van der Waals surface area contributed by atoms with E-state index in [2.05, 4.69) is 20.4 Å². The van der Waals surface area contributed by atoms with E-state index in [1.807, 2.05) is 0 Å². The third kappa shape index (κ3) is 4.33. The Morgan fingerprint density at radius 2 is 2.08 bits per heavy atom. The maximum Gasteiger partial charge on any atom is 0.227 e. The van der Waals surface area contributed by atoms with Crippen molar-refractivity contribution in [2.75, 3.05) is 12.4 Å². The summed E-state index contributed by atoms with van der Waals surface area (Å²) in [5, 5.41) is 7.24. The van der Waals surface area contributed by atoms with E-state index in [1.165, 1.54) is 7.11 Å². The minimum absolute atomic E-state index is 0.183. The van der Waals surface area contributed by atoms with Gasteiger partial charge in [0, 0.05) is 29.6 Å². The first kappa shape index (κ1) is 16.9. The summed E-state index contributed by atoms with van der Waals surface area (Å²) in [4.78, 5) is 20.4. The average Bonchev–Trinajstić information content (AvgIpc) is 3.10. The maximum absolute atomic E-state index is 12.1. The molecule has 0 atom stereocenters. The largest absolute Gasteiger partial charge is 0.493 e. The first-order valence-electron chi connectivity index (χ1n) is 7.53. The number of methoxy groups -OCH3 is 1. The van der Waals surface area contributed by atoms with Gasteiger partial charge < -0.3 is 14.6 Å². The molecule has 0 spiro atoms. The summed E-state index contributed by atoms with van der Waals surface area (Å²) in [6, 6.07) is 10.6. The summed E-state index contributed by atoms with van der Waals surface area (Å²) < 4.78 is 10.3. The molecule has 128 valence electrons. The second-order valence-electron chi connectivity index (χ2n) is 5.12. The molecule has 0 aliphatic heterocycles. The fourth-order valence-corrected chi connectivity index (χ4v) is 2.26. The molecule has 0 bridgehead atoms. The molecular formula is C17H15ClN4O3. The number of hydrogen-bond acceptors (Lipinski definition) is 6. The Morgan fingerprint density at radius 3 is 2.84 bits per heavy atom. The minimum atomic E-state index is -0.219. The second-order valence-corrected chi connectivity index (χ2v) is 5.56. The highest BCUT2D eigenvalue weighted by molar-refractivity contribution is 6.30. The Hall–Kier alpha value is -2.93. The SMILES string of the molecule is COc1cccnc1NC(=O)CCc1nc(-c2ccc(Cl)cc2)no1. The van der Waals surface area contributed by atoms with Gasteiger partial charge in [-0.1, -0.05) is 16.8 Å². The quantitative estimate of drug-likeness (QED) is 0.726. The van der Waals surface area contributed by atoms with Crippen LogP contribution >= 0.6 is 11.6 Å². The Morgan fingerprint density at radius 1 is 1.28 bits per heavy atom. The van der Waals surface area contributed by atoms with Crippen LogP contribution in [0, 0.1) is 0 Å². The lowest BCUT2D eigenvalue weighted by atomic mass is 10.2. The molecule has 0 aliphatic carbocycles. The highest BCUT2D eigenvalue weighted by Crippen LogP contribution is 2.21. The van der Waals surface area contributed by atoms with Crippen LogP contribution in [0.2, 0.25) is 5.02 Å². The van der Waals surface area contributed by atoms with Gasteiger partial charge in [0.05, 0.1) is 7.11 Å². The first-order chi connectivity index (χ1) is 12.2. The second kappa shape index (κ2) is 7.76. The number of anilines is 1. The fraction of sp³-hybridized carbons (Fsp3) is 0.176. The molecule has 3 rings (SSSR count). The summed E-state index contributed by atoms with van der Waals surface area (Å²) >= 11 is 5.85. The Bertz CT molecular complexity index is 864. The van der Waals surface area contributed by atoms with Crippen LogP contribution in [0.1, 0.15) is 12.3 Å². The molecule has 25 heavy (non-hydrogen) atoms. The molecule has 0 aliphatic rings. The van der Waals surface area contributed by atoms with E-state index >= 15 is 0 Å². The number of halogens is 1. The van der Waals surface area contributed by atoms with Crippen molar-refractivity contribution in [2.24, 2.45) is 0 Å². The van der Waals surface area contributed by atoms with Crippen LogP contribution in [0.15, 0.2) is 47.1 Å². The number of pyridine rings is 1. The first-order valence-corrected chi connectivity index (χ1v) is 7.91. The fourth-order valence-electron chi connectivity index (χ4n) is 2.14. The number of carbonyl (C=O) groups excluding carboxylic acids is 1. The summed E-state index contributed by atoms with van der Waals surface area (Å²) in [6.07, 6.45) is 2.08. The molecule has 1 N–H and O–H groups in total. The Balaban J connectivity index is 1.58. The number of hydrogen-bond donors (Lipinski definition) is 1. The third-order valence-corrected chi connectivity index (χ3v) is 3.64. The molecule has 1 amide bonds. The number of amides is 1. The topological polar surface area (TPSA) is 90.1 Å². The van der Waals surface area contributed by atoms with Gasteiger partial charge in [-0.3, -0.25) is 4.79 Å². The summed E-state index contributed by atoms with van der Waals surface area (Å²) in [6.45, 7) is 0. The Kier molecular flexibility index (Phi) is 5.25. The molecule has 0 unspecified atom stereocenters. The molecule has 2 heterocycles. The molecule has 0 saturated carbocycles. The standard InChI is InChI=1S/C17H15ClN4O3/c1-24-13-3-2-10-19-17(13)20-14(23)8-9-15-21-16(22-25-15)11-4-6-12(18)7-5-11/h2-7,10H,8-9H2,1H3,(H,19,20,23). The number of carbonyl (C=O) groups is 1. The van der Waals surface area contributed by atoms with Gasteiger partial charge in [-0.15, -0.1) is 0 Å². The van der Waals surface area contributed by atoms with E-state index in [0.29, 0.717) is 34.7 Å². The van der Waals surface area contributed by atoms with Gasteiger partial charge in [-0.25, -0.2) is 4.98 Å². The lowest BCUT2D eigenvalue weighted by molar-refractivity contribution is -0.116. The average molecular weight is 359 g/mol. The van der Waals surface area contributed by atoms with Gasteiger partial charge in [0.1, 0.15) is 0 Å². The van der Waals surface area contributed by atoms with Gasteiger partial charge in [0.25, 0.3) is 0 Å². The maximum atomic E-state index is 12.1. The molecule has 2 aromatic heterocycles. The predicted octanol–water partition coefficient (Wildman–Crippen LogP) is 3.36. The molecule has 7 nitrogen and oxygen atoms in total. The van der Waals surface area contributed by atoms with Gasteiger partial charge in [0.15, 0.2) is 11.6 Å². The van der Waals surface area contributed by atoms with Crippen LogP contribution in [-0.2, 0) is 11.2 Å². The van der Waals surface area contributed by atoms with Gasteiger partial charge in [-0.2, -0.15) is 4.98 Å². The normalized spacial score (nSPS) is 10.5. The number of aryl methyl sites for hydroxylation is 1. The molecule has 1 aromatic carbocycles. The van der Waals surface area contributed by atoms with Crippen molar-refractivity contribution in [3.05, 3.63) is 53.5 Å². The van der Waals surface area contributed by atoms with Crippen LogP contribution in [-0.4, -0.2) is 28.1 Å². The molecule has 3 aromatic rings. The summed E-state index contributed by atoms with van der Waals surface area (Å²) in [7, 11) is 1.52. The van der Waals surface area contributed by atoms with Gasteiger partial charge in [-0.05, 0) is 36.4 Å². The third-order valence-electron chi connectivity index (χ3n) is 3.38. The van der Waals surface area contributed by atoms with E-state index in [9.17, 15) is 4.79 Å². The highest BCUT2D eigenvalue weighted by Gasteiger charge is 2.12. The lowest BCUT2D eigenvalue weighted by Gasteiger charge is -2.07. The lowest BCUT2D eigenvalue weighted by Crippen LogP contribution is -2.14. The van der Waals surface area contributed by atoms with E-state index in [4.69, 9.17) is 20.9 Å². The minimum Gasteiger partial charge on any atom is -0.493 e. The number of ether oxygens (including phenoxy) is 1. The van der Waals surface area contributed by atoms with E-state index in [-0.39, 0.29) is 12.3 Å². The van der Waals surface area contributed by atoms with Crippen molar-refractivity contribution in [2.45, 2.75) is 12.8 Å². The monoisotopic (exact) mass is 358 g/mol. The Labute approximate surface area is 149 Å². The number of benzene rings is 1. The van der Waals surface area contributed by atoms with Crippen LogP contribution in [0.4, 0.5) is 5.82 Å². The van der Waals surface area contributed by atoms with Crippen molar-refractivity contribution in [3.63, 3.8) is 0 Å². The molecule has 0 saturated heterocycles.